The number of anilines is 1. The summed E-state index contributed by atoms with van der Waals surface area (Å²) in [6.45, 7) is 3.66. The lowest BCUT2D eigenvalue weighted by atomic mass is 10.2. The zero-order valence-corrected chi connectivity index (χ0v) is 16.5. The first-order valence-corrected chi connectivity index (χ1v) is 8.95. The topological polar surface area (TPSA) is 79.4 Å². The molecule has 0 atom stereocenters. The molecule has 9 heteroatoms. The van der Waals surface area contributed by atoms with Crippen LogP contribution < -0.4 is 14.4 Å². The van der Waals surface area contributed by atoms with Crippen molar-refractivity contribution in [2.45, 2.75) is 13.3 Å². The molecule has 2 rings (SSSR count). The quantitative estimate of drug-likeness (QED) is 0.650. The molecule has 0 spiro atoms. The Morgan fingerprint density at radius 3 is 2.30 bits per heavy atom. The Morgan fingerprint density at radius 1 is 1.15 bits per heavy atom. The Kier molecular flexibility index (Phi) is 7.29. The molecule has 148 valence electrons. The van der Waals surface area contributed by atoms with Gasteiger partial charge in [-0.3, -0.25) is 14.4 Å². The van der Waals surface area contributed by atoms with Crippen LogP contribution in [-0.2, 0) is 14.4 Å². The number of rotatable bonds is 7. The number of hydrogen-bond donors (Lipinski definition) is 0. The van der Waals surface area contributed by atoms with E-state index in [-0.39, 0.29) is 24.8 Å². The van der Waals surface area contributed by atoms with Gasteiger partial charge in [-0.15, -0.1) is 0 Å². The van der Waals surface area contributed by atoms with E-state index in [4.69, 9.17) is 21.1 Å². The van der Waals surface area contributed by atoms with E-state index in [1.165, 1.54) is 26.0 Å². The van der Waals surface area contributed by atoms with Gasteiger partial charge in [0.05, 0.1) is 24.9 Å². The molecule has 8 nitrogen and oxygen atoms in total. The average Bonchev–Trinajstić information content (AvgIpc) is 2.68. The van der Waals surface area contributed by atoms with Crippen LogP contribution in [0.15, 0.2) is 12.1 Å². The lowest BCUT2D eigenvalue weighted by Gasteiger charge is -2.33. The highest BCUT2D eigenvalue weighted by Crippen LogP contribution is 2.38. The van der Waals surface area contributed by atoms with Crippen LogP contribution in [-0.4, -0.2) is 75.0 Å². The average molecular weight is 398 g/mol. The van der Waals surface area contributed by atoms with Gasteiger partial charge in [-0.05, 0) is 0 Å². The lowest BCUT2D eigenvalue weighted by molar-refractivity contribution is -0.135. The van der Waals surface area contributed by atoms with E-state index < -0.39 is 0 Å². The smallest absolute Gasteiger partial charge is 0.224 e. The zero-order chi connectivity index (χ0) is 20.0. The van der Waals surface area contributed by atoms with Crippen LogP contribution >= 0.6 is 11.6 Å². The van der Waals surface area contributed by atoms with Gasteiger partial charge in [0.1, 0.15) is 11.5 Å². The maximum atomic E-state index is 12.5. The molecule has 0 bridgehead atoms. The zero-order valence-electron chi connectivity index (χ0n) is 15.7. The molecule has 3 amide bonds. The number of halogens is 1. The van der Waals surface area contributed by atoms with E-state index in [1.807, 2.05) is 0 Å². The monoisotopic (exact) mass is 397 g/mol. The highest BCUT2D eigenvalue weighted by molar-refractivity contribution is 6.32. The van der Waals surface area contributed by atoms with Gasteiger partial charge in [-0.2, -0.15) is 0 Å². The molecule has 27 heavy (non-hydrogen) atoms. The van der Waals surface area contributed by atoms with Crippen LogP contribution in [0.4, 0.5) is 5.69 Å². The Labute approximate surface area is 163 Å². The Hall–Kier alpha value is -2.48. The number of hydrogen-bond acceptors (Lipinski definition) is 5. The molecule has 1 aromatic carbocycles. The number of carbonyl (C=O) groups is 3. The fourth-order valence-electron chi connectivity index (χ4n) is 2.95. The van der Waals surface area contributed by atoms with Gasteiger partial charge in [0.15, 0.2) is 0 Å². The summed E-state index contributed by atoms with van der Waals surface area (Å²) in [5.74, 6) is 0.543. The number of methoxy groups -OCH3 is 2. The third-order valence-corrected chi connectivity index (χ3v) is 4.78. The van der Waals surface area contributed by atoms with E-state index in [0.717, 1.165) is 6.41 Å². The third-order valence-electron chi connectivity index (χ3n) is 4.49. The molecule has 1 fully saturated rings. The summed E-state index contributed by atoms with van der Waals surface area (Å²) < 4.78 is 10.6. The SMILES string of the molecule is COc1cc(N(CCC(=O)N2CCN(C=O)CC2)C(C)=O)c(OC)cc1Cl. The number of carbonyl (C=O) groups excluding carboxylic acids is 3. The first kappa shape index (κ1) is 20.8. The van der Waals surface area contributed by atoms with Gasteiger partial charge in [0, 0.05) is 58.2 Å². The van der Waals surface area contributed by atoms with Gasteiger partial charge < -0.3 is 24.2 Å². The molecule has 0 radical (unpaired) electrons. The van der Waals surface area contributed by atoms with Crippen molar-refractivity contribution in [2.24, 2.45) is 0 Å². The summed E-state index contributed by atoms with van der Waals surface area (Å²) in [5, 5.41) is 0.366. The molecule has 1 aliphatic heterocycles. The maximum absolute atomic E-state index is 12.5. The molecule has 0 aromatic heterocycles. The minimum atomic E-state index is -0.226. The van der Waals surface area contributed by atoms with Gasteiger partial charge in [-0.1, -0.05) is 11.6 Å². The highest BCUT2D eigenvalue weighted by Gasteiger charge is 2.23. The second-order valence-electron chi connectivity index (χ2n) is 6.10. The second kappa shape index (κ2) is 9.45. The van der Waals surface area contributed by atoms with Crippen LogP contribution in [0.3, 0.4) is 0 Å². The number of benzene rings is 1. The van der Waals surface area contributed by atoms with Crippen molar-refractivity contribution in [2.75, 3.05) is 51.8 Å². The fraction of sp³-hybridized carbons (Fsp3) is 0.500. The number of piperazine rings is 1. The van der Waals surface area contributed by atoms with Crippen LogP contribution in [0.5, 0.6) is 11.5 Å². The summed E-state index contributed by atoms with van der Waals surface area (Å²) in [7, 11) is 2.97. The van der Waals surface area contributed by atoms with Gasteiger partial charge >= 0.3 is 0 Å². The molecular weight excluding hydrogens is 374 g/mol. The number of amides is 3. The van der Waals surface area contributed by atoms with Crippen LogP contribution in [0.2, 0.25) is 5.02 Å². The van der Waals surface area contributed by atoms with Crippen LogP contribution in [0, 0.1) is 0 Å². The van der Waals surface area contributed by atoms with Gasteiger partial charge in [-0.25, -0.2) is 0 Å². The molecule has 1 heterocycles. The van der Waals surface area contributed by atoms with Crippen molar-refractivity contribution in [3.05, 3.63) is 17.2 Å². The fourth-order valence-corrected chi connectivity index (χ4v) is 3.18. The van der Waals surface area contributed by atoms with Crippen LogP contribution in [0.25, 0.3) is 0 Å². The first-order chi connectivity index (χ1) is 12.9. The van der Waals surface area contributed by atoms with Crippen molar-refractivity contribution in [3.63, 3.8) is 0 Å². The molecule has 1 aliphatic rings. The largest absolute Gasteiger partial charge is 0.495 e. The number of ether oxygens (including phenoxy) is 2. The predicted octanol–water partition coefficient (Wildman–Crippen LogP) is 1.40. The predicted molar refractivity (Wildman–Crippen MR) is 101 cm³/mol. The second-order valence-corrected chi connectivity index (χ2v) is 6.51. The summed E-state index contributed by atoms with van der Waals surface area (Å²) in [4.78, 5) is 40.3. The summed E-state index contributed by atoms with van der Waals surface area (Å²) >= 11 is 6.12. The minimum Gasteiger partial charge on any atom is -0.495 e. The minimum absolute atomic E-state index is 0.0632. The Bertz CT molecular complexity index is 704. The first-order valence-electron chi connectivity index (χ1n) is 8.58. The Morgan fingerprint density at radius 2 is 1.78 bits per heavy atom. The van der Waals surface area contributed by atoms with Crippen molar-refractivity contribution < 1.29 is 23.9 Å². The molecule has 0 saturated carbocycles. The summed E-state index contributed by atoms with van der Waals surface area (Å²) in [6, 6.07) is 3.20. The molecule has 0 unspecified atom stereocenters. The van der Waals surface area contributed by atoms with Gasteiger partial charge in [0.2, 0.25) is 18.2 Å². The molecule has 0 aliphatic carbocycles. The van der Waals surface area contributed by atoms with Crippen molar-refractivity contribution in [1.82, 2.24) is 9.80 Å². The molecule has 1 aromatic rings. The highest BCUT2D eigenvalue weighted by atomic mass is 35.5. The normalized spacial score (nSPS) is 13.9. The third kappa shape index (κ3) is 5.03. The van der Waals surface area contributed by atoms with E-state index in [0.29, 0.717) is 48.4 Å². The van der Waals surface area contributed by atoms with E-state index >= 15 is 0 Å². The summed E-state index contributed by atoms with van der Waals surface area (Å²) in [6.07, 6.45) is 0.953. The van der Waals surface area contributed by atoms with E-state index in [9.17, 15) is 14.4 Å². The Balaban J connectivity index is 2.11. The molecular formula is C18H24ClN3O5. The standard InChI is InChI=1S/C18H24ClN3O5/c1-13(24)22(15-11-16(26-2)14(19)10-17(15)27-3)5-4-18(25)21-8-6-20(12-23)7-9-21/h10-12H,4-9H2,1-3H3. The van der Waals surface area contributed by atoms with Crippen molar-refractivity contribution >= 4 is 35.5 Å². The summed E-state index contributed by atoms with van der Waals surface area (Å²) in [5.41, 5.74) is 0.491. The maximum Gasteiger partial charge on any atom is 0.224 e. The van der Waals surface area contributed by atoms with E-state index in [2.05, 4.69) is 0 Å². The lowest BCUT2D eigenvalue weighted by Crippen LogP contribution is -2.48. The van der Waals surface area contributed by atoms with Crippen LogP contribution in [0.1, 0.15) is 13.3 Å². The molecule has 0 N–H and O–H groups in total. The van der Waals surface area contributed by atoms with Crippen molar-refractivity contribution in [3.8, 4) is 11.5 Å². The van der Waals surface area contributed by atoms with E-state index in [1.54, 1.807) is 21.9 Å². The van der Waals surface area contributed by atoms with Gasteiger partial charge in [0.25, 0.3) is 0 Å². The molecule has 1 saturated heterocycles. The van der Waals surface area contributed by atoms with Crippen molar-refractivity contribution in [1.29, 1.82) is 0 Å². The number of nitrogens with zero attached hydrogens (tertiary/aromatic N) is 3.